The van der Waals surface area contributed by atoms with Gasteiger partial charge in [-0.3, -0.25) is 0 Å². The molecular weight excluding hydrogens is 247 g/mol. The van der Waals surface area contributed by atoms with Gasteiger partial charge in [-0.25, -0.2) is 4.39 Å². The lowest BCUT2D eigenvalue weighted by Gasteiger charge is -2.30. The minimum absolute atomic E-state index is 0.279. The molecule has 1 fully saturated rings. The maximum absolute atomic E-state index is 13.5. The van der Waals surface area contributed by atoms with Gasteiger partial charge in [0.05, 0.1) is 5.69 Å². The standard InChI is InChI=1S/C14H19FN2S/c1-10-6-2-4-8-12(10)16-14(18)17-13-9-5-3-7-11(13)15/h3,5,7,9-10,12H,2,4,6,8H2,1H3,(H2,16,17,18)/t10-,12+/m1/s1. The molecule has 0 aromatic heterocycles. The molecule has 4 heteroatoms. The summed E-state index contributed by atoms with van der Waals surface area (Å²) in [5.74, 6) is 0.345. The van der Waals surface area contributed by atoms with Crippen molar-refractivity contribution in [3.05, 3.63) is 30.1 Å². The van der Waals surface area contributed by atoms with Crippen molar-refractivity contribution in [1.82, 2.24) is 5.32 Å². The third kappa shape index (κ3) is 3.42. The van der Waals surface area contributed by atoms with Crippen LogP contribution in [0.3, 0.4) is 0 Å². The van der Waals surface area contributed by atoms with Crippen molar-refractivity contribution in [3.8, 4) is 0 Å². The van der Waals surface area contributed by atoms with Gasteiger partial charge in [0.15, 0.2) is 5.11 Å². The van der Waals surface area contributed by atoms with Crippen molar-refractivity contribution in [3.63, 3.8) is 0 Å². The molecule has 2 nitrogen and oxygen atoms in total. The molecule has 0 aliphatic heterocycles. The van der Waals surface area contributed by atoms with Crippen molar-refractivity contribution < 1.29 is 4.39 Å². The van der Waals surface area contributed by atoms with Gasteiger partial charge >= 0.3 is 0 Å². The number of anilines is 1. The second kappa shape index (κ2) is 6.14. The number of thiocarbonyl (C=S) groups is 1. The number of hydrogen-bond acceptors (Lipinski definition) is 1. The lowest BCUT2D eigenvalue weighted by Crippen LogP contribution is -2.43. The van der Waals surface area contributed by atoms with Crippen LogP contribution in [0.5, 0.6) is 0 Å². The van der Waals surface area contributed by atoms with Crippen LogP contribution in [0.2, 0.25) is 0 Å². The van der Waals surface area contributed by atoms with Gasteiger partial charge < -0.3 is 10.6 Å². The monoisotopic (exact) mass is 266 g/mol. The fourth-order valence-corrected chi connectivity index (χ4v) is 2.68. The Labute approximate surface area is 113 Å². The fourth-order valence-electron chi connectivity index (χ4n) is 2.42. The first-order valence-corrected chi connectivity index (χ1v) is 6.89. The number of halogens is 1. The Kier molecular flexibility index (Phi) is 4.53. The van der Waals surface area contributed by atoms with Gasteiger partial charge in [0.2, 0.25) is 0 Å². The van der Waals surface area contributed by atoms with Gasteiger partial charge in [0, 0.05) is 6.04 Å². The molecule has 1 aromatic carbocycles. The predicted molar refractivity (Wildman–Crippen MR) is 77.2 cm³/mol. The first-order valence-electron chi connectivity index (χ1n) is 6.49. The fraction of sp³-hybridized carbons (Fsp3) is 0.500. The lowest BCUT2D eigenvalue weighted by molar-refractivity contribution is 0.309. The molecule has 1 aliphatic rings. The summed E-state index contributed by atoms with van der Waals surface area (Å²) in [5.41, 5.74) is 0.429. The van der Waals surface area contributed by atoms with E-state index in [1.165, 1.54) is 25.3 Å². The molecule has 0 radical (unpaired) electrons. The lowest BCUT2D eigenvalue weighted by atomic mass is 9.86. The van der Waals surface area contributed by atoms with E-state index in [-0.39, 0.29) is 5.82 Å². The van der Waals surface area contributed by atoms with Gasteiger partial charge in [-0.2, -0.15) is 0 Å². The minimum atomic E-state index is -0.279. The molecule has 0 amide bonds. The largest absolute Gasteiger partial charge is 0.359 e. The molecule has 18 heavy (non-hydrogen) atoms. The van der Waals surface area contributed by atoms with Gasteiger partial charge in [0.25, 0.3) is 0 Å². The van der Waals surface area contributed by atoms with Crippen LogP contribution >= 0.6 is 12.2 Å². The molecule has 2 N–H and O–H groups in total. The molecule has 1 aliphatic carbocycles. The number of para-hydroxylation sites is 1. The van der Waals surface area contributed by atoms with Crippen molar-refractivity contribution in [2.24, 2.45) is 5.92 Å². The Bertz CT molecular complexity index is 422. The molecule has 98 valence electrons. The first-order chi connectivity index (χ1) is 8.66. The van der Waals surface area contributed by atoms with Gasteiger partial charge in [-0.1, -0.05) is 31.9 Å². The zero-order valence-corrected chi connectivity index (χ0v) is 11.4. The molecular formula is C14H19FN2S. The van der Waals surface area contributed by atoms with Gasteiger partial charge in [-0.05, 0) is 43.1 Å². The van der Waals surface area contributed by atoms with E-state index in [1.54, 1.807) is 18.2 Å². The minimum Gasteiger partial charge on any atom is -0.359 e. The normalized spacial score (nSPS) is 23.4. The van der Waals surface area contributed by atoms with E-state index in [0.29, 0.717) is 22.8 Å². The number of rotatable bonds is 2. The summed E-state index contributed by atoms with van der Waals surface area (Å²) in [7, 11) is 0. The van der Waals surface area contributed by atoms with E-state index in [9.17, 15) is 4.39 Å². The van der Waals surface area contributed by atoms with Crippen LogP contribution in [0, 0.1) is 11.7 Å². The van der Waals surface area contributed by atoms with E-state index >= 15 is 0 Å². The number of benzene rings is 1. The van der Waals surface area contributed by atoms with E-state index in [1.807, 2.05) is 0 Å². The van der Waals surface area contributed by atoms with Crippen LogP contribution in [0.1, 0.15) is 32.6 Å². The molecule has 1 aromatic rings. The highest BCUT2D eigenvalue weighted by molar-refractivity contribution is 7.80. The van der Waals surface area contributed by atoms with Crippen molar-refractivity contribution in [1.29, 1.82) is 0 Å². The topological polar surface area (TPSA) is 24.1 Å². The summed E-state index contributed by atoms with van der Waals surface area (Å²) in [4.78, 5) is 0. The van der Waals surface area contributed by atoms with Crippen molar-refractivity contribution in [2.45, 2.75) is 38.6 Å². The maximum Gasteiger partial charge on any atom is 0.171 e. The Balaban J connectivity index is 1.90. The molecule has 0 unspecified atom stereocenters. The Morgan fingerprint density at radius 2 is 2.00 bits per heavy atom. The summed E-state index contributed by atoms with van der Waals surface area (Å²) in [5, 5.41) is 6.73. The zero-order valence-electron chi connectivity index (χ0n) is 10.6. The van der Waals surface area contributed by atoms with Crippen LogP contribution in [-0.2, 0) is 0 Å². The molecule has 0 heterocycles. The van der Waals surface area contributed by atoms with Gasteiger partial charge in [0.1, 0.15) is 5.82 Å². The third-order valence-corrected chi connectivity index (χ3v) is 3.77. The SMILES string of the molecule is C[C@@H]1CCCC[C@@H]1NC(=S)Nc1ccccc1F. The van der Waals surface area contributed by atoms with Crippen molar-refractivity contribution >= 4 is 23.0 Å². The Hall–Kier alpha value is -1.16. The second-order valence-electron chi connectivity index (χ2n) is 4.95. The summed E-state index contributed by atoms with van der Waals surface area (Å²) < 4.78 is 13.5. The van der Waals surface area contributed by atoms with Crippen LogP contribution in [-0.4, -0.2) is 11.2 Å². The predicted octanol–water partition coefficient (Wildman–Crippen LogP) is 3.69. The van der Waals surface area contributed by atoms with E-state index in [2.05, 4.69) is 17.6 Å². The van der Waals surface area contributed by atoms with Crippen LogP contribution < -0.4 is 10.6 Å². The molecule has 0 saturated heterocycles. The Morgan fingerprint density at radius 1 is 1.28 bits per heavy atom. The van der Waals surface area contributed by atoms with Crippen LogP contribution in [0.25, 0.3) is 0 Å². The van der Waals surface area contributed by atoms with E-state index in [0.717, 1.165) is 6.42 Å². The highest BCUT2D eigenvalue weighted by Gasteiger charge is 2.21. The number of nitrogens with one attached hydrogen (secondary N) is 2. The molecule has 2 rings (SSSR count). The molecule has 0 bridgehead atoms. The summed E-state index contributed by atoms with van der Waals surface area (Å²) in [6.45, 7) is 2.24. The van der Waals surface area contributed by atoms with Crippen LogP contribution in [0.15, 0.2) is 24.3 Å². The maximum atomic E-state index is 13.5. The Morgan fingerprint density at radius 3 is 2.72 bits per heavy atom. The zero-order chi connectivity index (χ0) is 13.0. The average Bonchev–Trinajstić information content (AvgIpc) is 2.35. The quantitative estimate of drug-likeness (QED) is 0.798. The van der Waals surface area contributed by atoms with Crippen molar-refractivity contribution in [2.75, 3.05) is 5.32 Å². The summed E-state index contributed by atoms with van der Waals surface area (Å²) in [6, 6.07) is 6.98. The summed E-state index contributed by atoms with van der Waals surface area (Å²) >= 11 is 5.24. The van der Waals surface area contributed by atoms with Gasteiger partial charge in [-0.15, -0.1) is 0 Å². The van der Waals surface area contributed by atoms with Crippen LogP contribution in [0.4, 0.5) is 10.1 Å². The smallest absolute Gasteiger partial charge is 0.171 e. The molecule has 0 spiro atoms. The number of hydrogen-bond donors (Lipinski definition) is 2. The highest BCUT2D eigenvalue weighted by Crippen LogP contribution is 2.23. The first kappa shape index (κ1) is 13.3. The van der Waals surface area contributed by atoms with E-state index < -0.39 is 0 Å². The highest BCUT2D eigenvalue weighted by atomic mass is 32.1. The van der Waals surface area contributed by atoms with E-state index in [4.69, 9.17) is 12.2 Å². The second-order valence-corrected chi connectivity index (χ2v) is 5.35. The summed E-state index contributed by atoms with van der Waals surface area (Å²) in [6.07, 6.45) is 4.91. The third-order valence-electron chi connectivity index (χ3n) is 3.55. The molecule has 1 saturated carbocycles. The average molecular weight is 266 g/mol. The molecule has 2 atom stereocenters.